The van der Waals surface area contributed by atoms with Crippen LogP contribution in [0.2, 0.25) is 10.0 Å². The van der Waals surface area contributed by atoms with Gasteiger partial charge in [0, 0.05) is 6.54 Å². The molecule has 0 spiro atoms. The third-order valence-corrected chi connectivity index (χ3v) is 3.10. The van der Waals surface area contributed by atoms with Gasteiger partial charge in [-0.3, -0.25) is 9.59 Å². The van der Waals surface area contributed by atoms with Crippen LogP contribution in [0.25, 0.3) is 0 Å². The summed E-state index contributed by atoms with van der Waals surface area (Å²) in [5, 5.41) is 3.27. The Labute approximate surface area is 121 Å². The Bertz CT molecular complexity index is 460. The SMILES string of the molecule is CCN(CC(=O)Nc1c(Cl)cccc1Cl)C(=O)CN. The number of rotatable bonds is 5. The number of likely N-dealkylation sites (N-methyl/N-ethyl adjacent to an activating group) is 1. The minimum atomic E-state index is -0.376. The second-order valence-electron chi connectivity index (χ2n) is 3.76. The summed E-state index contributed by atoms with van der Waals surface area (Å²) >= 11 is 11.9. The van der Waals surface area contributed by atoms with Crippen molar-refractivity contribution in [3.63, 3.8) is 0 Å². The number of hydrogen-bond acceptors (Lipinski definition) is 3. The third kappa shape index (κ3) is 4.38. The van der Waals surface area contributed by atoms with Crippen LogP contribution in [-0.2, 0) is 9.59 Å². The maximum atomic E-state index is 11.8. The van der Waals surface area contributed by atoms with Crippen LogP contribution < -0.4 is 11.1 Å². The normalized spacial score (nSPS) is 10.1. The molecule has 3 N–H and O–H groups in total. The van der Waals surface area contributed by atoms with Crippen LogP contribution in [0, 0.1) is 0 Å². The van der Waals surface area contributed by atoms with E-state index in [0.717, 1.165) is 0 Å². The molecule has 0 bridgehead atoms. The van der Waals surface area contributed by atoms with E-state index < -0.39 is 0 Å². The molecule has 1 aromatic rings. The number of para-hydroxylation sites is 1. The summed E-state index contributed by atoms with van der Waals surface area (Å²) in [4.78, 5) is 24.6. The van der Waals surface area contributed by atoms with Crippen molar-refractivity contribution >= 4 is 40.7 Å². The zero-order chi connectivity index (χ0) is 14.4. The molecule has 0 aliphatic carbocycles. The van der Waals surface area contributed by atoms with Gasteiger partial charge in [0.1, 0.15) is 0 Å². The van der Waals surface area contributed by atoms with Gasteiger partial charge in [-0.25, -0.2) is 0 Å². The van der Waals surface area contributed by atoms with Crippen molar-refractivity contribution in [2.24, 2.45) is 5.73 Å². The van der Waals surface area contributed by atoms with E-state index in [1.807, 2.05) is 0 Å². The highest BCUT2D eigenvalue weighted by Gasteiger charge is 2.15. The molecule has 1 rings (SSSR count). The van der Waals surface area contributed by atoms with Gasteiger partial charge in [0.05, 0.1) is 28.8 Å². The zero-order valence-electron chi connectivity index (χ0n) is 10.5. The summed E-state index contributed by atoms with van der Waals surface area (Å²) in [6.07, 6.45) is 0. The molecular weight excluding hydrogens is 289 g/mol. The molecule has 0 aliphatic rings. The van der Waals surface area contributed by atoms with E-state index in [0.29, 0.717) is 22.3 Å². The van der Waals surface area contributed by atoms with Gasteiger partial charge >= 0.3 is 0 Å². The van der Waals surface area contributed by atoms with E-state index in [2.05, 4.69) is 5.32 Å². The third-order valence-electron chi connectivity index (χ3n) is 2.47. The van der Waals surface area contributed by atoms with Crippen molar-refractivity contribution in [1.82, 2.24) is 4.90 Å². The molecule has 0 fully saturated rings. The minimum absolute atomic E-state index is 0.0892. The average Bonchev–Trinajstić information content (AvgIpc) is 2.39. The van der Waals surface area contributed by atoms with Gasteiger partial charge in [-0.05, 0) is 19.1 Å². The lowest BCUT2D eigenvalue weighted by Gasteiger charge is -2.19. The maximum absolute atomic E-state index is 11.8. The number of amides is 2. The predicted molar refractivity (Wildman–Crippen MR) is 76.4 cm³/mol. The first-order valence-electron chi connectivity index (χ1n) is 5.71. The predicted octanol–water partition coefficient (Wildman–Crippen LogP) is 1.74. The smallest absolute Gasteiger partial charge is 0.244 e. The molecule has 0 atom stereocenters. The van der Waals surface area contributed by atoms with E-state index >= 15 is 0 Å². The highest BCUT2D eigenvalue weighted by molar-refractivity contribution is 6.39. The van der Waals surface area contributed by atoms with Crippen LogP contribution in [0.5, 0.6) is 0 Å². The van der Waals surface area contributed by atoms with Crippen LogP contribution in [0.3, 0.4) is 0 Å². The Morgan fingerprint density at radius 3 is 2.37 bits per heavy atom. The van der Waals surface area contributed by atoms with Gasteiger partial charge in [-0.15, -0.1) is 0 Å². The van der Waals surface area contributed by atoms with Crippen molar-refractivity contribution in [1.29, 1.82) is 0 Å². The number of halogens is 2. The summed E-state index contributed by atoms with van der Waals surface area (Å²) in [5.41, 5.74) is 5.60. The number of hydrogen-bond donors (Lipinski definition) is 2. The topological polar surface area (TPSA) is 75.4 Å². The molecule has 0 unspecified atom stereocenters. The molecule has 7 heteroatoms. The van der Waals surface area contributed by atoms with E-state index in [4.69, 9.17) is 28.9 Å². The first-order valence-corrected chi connectivity index (χ1v) is 6.46. The Morgan fingerprint density at radius 2 is 1.89 bits per heavy atom. The fourth-order valence-corrected chi connectivity index (χ4v) is 1.97. The fraction of sp³-hybridized carbons (Fsp3) is 0.333. The molecule has 0 aliphatic heterocycles. The Hall–Kier alpha value is -1.30. The zero-order valence-corrected chi connectivity index (χ0v) is 12.0. The van der Waals surface area contributed by atoms with E-state index in [-0.39, 0.29) is 24.9 Å². The van der Waals surface area contributed by atoms with Gasteiger partial charge in [-0.1, -0.05) is 29.3 Å². The lowest BCUT2D eigenvalue weighted by atomic mass is 10.3. The second-order valence-corrected chi connectivity index (χ2v) is 4.57. The number of carbonyl (C=O) groups is 2. The summed E-state index contributed by atoms with van der Waals surface area (Å²) in [7, 11) is 0. The molecule has 5 nitrogen and oxygen atoms in total. The van der Waals surface area contributed by atoms with Crippen molar-refractivity contribution < 1.29 is 9.59 Å². The van der Waals surface area contributed by atoms with E-state index in [1.165, 1.54) is 4.90 Å². The van der Waals surface area contributed by atoms with Gasteiger partial charge in [0.15, 0.2) is 0 Å². The number of benzene rings is 1. The first-order chi connectivity index (χ1) is 8.99. The quantitative estimate of drug-likeness (QED) is 0.870. The maximum Gasteiger partial charge on any atom is 0.244 e. The van der Waals surface area contributed by atoms with Gasteiger partial charge in [-0.2, -0.15) is 0 Å². The van der Waals surface area contributed by atoms with Crippen molar-refractivity contribution in [3.8, 4) is 0 Å². The standard InChI is InChI=1S/C12H15Cl2N3O2/c1-2-17(11(19)6-15)7-10(18)16-12-8(13)4-3-5-9(12)14/h3-5H,2,6-7,15H2,1H3,(H,16,18). The minimum Gasteiger partial charge on any atom is -0.333 e. The Balaban J connectivity index is 2.72. The fourth-order valence-electron chi connectivity index (χ4n) is 1.47. The van der Waals surface area contributed by atoms with Gasteiger partial charge < -0.3 is 16.0 Å². The lowest BCUT2D eigenvalue weighted by Crippen LogP contribution is -2.41. The molecule has 1 aromatic carbocycles. The highest BCUT2D eigenvalue weighted by Crippen LogP contribution is 2.29. The number of nitrogens with zero attached hydrogens (tertiary/aromatic N) is 1. The average molecular weight is 304 g/mol. The van der Waals surface area contributed by atoms with Crippen LogP contribution >= 0.6 is 23.2 Å². The van der Waals surface area contributed by atoms with E-state index in [9.17, 15) is 9.59 Å². The number of nitrogens with two attached hydrogens (primary N) is 1. The molecule has 19 heavy (non-hydrogen) atoms. The lowest BCUT2D eigenvalue weighted by molar-refractivity contribution is -0.133. The van der Waals surface area contributed by atoms with Crippen molar-refractivity contribution in [2.75, 3.05) is 25.0 Å². The van der Waals surface area contributed by atoms with Crippen molar-refractivity contribution in [2.45, 2.75) is 6.92 Å². The molecule has 0 saturated heterocycles. The van der Waals surface area contributed by atoms with Crippen LogP contribution in [0.4, 0.5) is 5.69 Å². The monoisotopic (exact) mass is 303 g/mol. The van der Waals surface area contributed by atoms with Crippen molar-refractivity contribution in [3.05, 3.63) is 28.2 Å². The van der Waals surface area contributed by atoms with Gasteiger partial charge in [0.25, 0.3) is 0 Å². The molecule has 0 radical (unpaired) electrons. The Kier molecular flexibility index (Phi) is 6.08. The molecule has 0 saturated carbocycles. The number of nitrogens with one attached hydrogen (secondary N) is 1. The van der Waals surface area contributed by atoms with Crippen LogP contribution in [0.15, 0.2) is 18.2 Å². The van der Waals surface area contributed by atoms with E-state index in [1.54, 1.807) is 25.1 Å². The van der Waals surface area contributed by atoms with Crippen LogP contribution in [-0.4, -0.2) is 36.3 Å². The second kappa shape index (κ2) is 7.33. The molecule has 104 valence electrons. The Morgan fingerprint density at radius 1 is 1.32 bits per heavy atom. The molecule has 2 amide bonds. The summed E-state index contributed by atoms with van der Waals surface area (Å²) < 4.78 is 0. The number of anilines is 1. The summed E-state index contributed by atoms with van der Waals surface area (Å²) in [6.45, 7) is 1.95. The highest BCUT2D eigenvalue weighted by atomic mass is 35.5. The molecular formula is C12H15Cl2N3O2. The summed E-state index contributed by atoms with van der Waals surface area (Å²) in [6, 6.07) is 4.91. The number of carbonyl (C=O) groups excluding carboxylic acids is 2. The van der Waals surface area contributed by atoms with Gasteiger partial charge in [0.2, 0.25) is 11.8 Å². The summed E-state index contributed by atoms with van der Waals surface area (Å²) in [5.74, 6) is -0.665. The first kappa shape index (κ1) is 15.8. The molecule has 0 heterocycles. The largest absolute Gasteiger partial charge is 0.333 e. The van der Waals surface area contributed by atoms with Crippen LogP contribution in [0.1, 0.15) is 6.92 Å². The molecule has 0 aromatic heterocycles.